The van der Waals surface area contributed by atoms with Crippen LogP contribution < -0.4 is 0 Å². The van der Waals surface area contributed by atoms with Crippen LogP contribution in [0.2, 0.25) is 0 Å². The highest BCUT2D eigenvalue weighted by Crippen LogP contribution is 2.52. The highest BCUT2D eigenvalue weighted by atomic mass is 32.2. The molecule has 0 aromatic rings. The average molecular weight is 368 g/mol. The lowest BCUT2D eigenvalue weighted by Gasteiger charge is -2.34. The van der Waals surface area contributed by atoms with E-state index in [9.17, 15) is 48.7 Å². The quantitative estimate of drug-likeness (QED) is 0.598. The van der Waals surface area contributed by atoms with Gasteiger partial charge in [-0.1, -0.05) is 18.7 Å². The molecule has 0 amide bonds. The normalized spacial score (nSPS) is 15.8. The lowest BCUT2D eigenvalue weighted by atomic mass is 9.98. The lowest BCUT2D eigenvalue weighted by Crippen LogP contribution is -2.61. The number of carbonyl (C=O) groups excluding carboxylic acids is 1. The molecule has 0 aliphatic heterocycles. The summed E-state index contributed by atoms with van der Waals surface area (Å²) >= 11 is 0.131. The second-order valence-corrected chi connectivity index (χ2v) is 5.28. The van der Waals surface area contributed by atoms with Crippen molar-refractivity contribution in [3.8, 4) is 0 Å². The minimum absolute atomic E-state index is 0.131. The maximum atomic E-state index is 13.1. The topological polar surface area (TPSA) is 17.1 Å². The van der Waals surface area contributed by atoms with Gasteiger partial charge < -0.3 is 0 Å². The third-order valence-corrected chi connectivity index (χ3v) is 3.47. The third-order valence-electron chi connectivity index (χ3n) is 2.45. The van der Waals surface area contributed by atoms with E-state index < -0.39 is 47.4 Å². The largest absolute Gasteiger partial charge is 0.425 e. The van der Waals surface area contributed by atoms with Crippen LogP contribution in [0.15, 0.2) is 0 Å². The highest BCUT2D eigenvalue weighted by molar-refractivity contribution is 8.13. The van der Waals surface area contributed by atoms with Gasteiger partial charge in [-0.3, -0.25) is 4.79 Å². The van der Waals surface area contributed by atoms with Crippen molar-refractivity contribution < 1.29 is 48.7 Å². The molecule has 0 N–H and O–H groups in total. The van der Waals surface area contributed by atoms with E-state index in [1.807, 2.05) is 0 Å². The van der Waals surface area contributed by atoms with E-state index in [-0.39, 0.29) is 18.2 Å². The van der Waals surface area contributed by atoms with Gasteiger partial charge in [0.05, 0.1) is 0 Å². The van der Waals surface area contributed by atoms with Crippen LogP contribution in [0.25, 0.3) is 0 Å². The van der Waals surface area contributed by atoms with Gasteiger partial charge in [-0.2, -0.15) is 39.5 Å². The maximum Gasteiger partial charge on any atom is 0.425 e. The van der Waals surface area contributed by atoms with E-state index in [0.717, 1.165) is 0 Å². The van der Waals surface area contributed by atoms with Gasteiger partial charge >= 0.3 is 23.9 Å². The van der Waals surface area contributed by atoms with E-state index in [4.69, 9.17) is 0 Å². The van der Waals surface area contributed by atoms with Crippen LogP contribution in [-0.2, 0) is 4.79 Å². The van der Waals surface area contributed by atoms with Crippen LogP contribution in [0, 0.1) is 0 Å². The van der Waals surface area contributed by atoms with Crippen LogP contribution in [0.5, 0.6) is 0 Å². The van der Waals surface area contributed by atoms with Crippen LogP contribution in [0.4, 0.5) is 43.9 Å². The van der Waals surface area contributed by atoms with Gasteiger partial charge in [-0.15, -0.1) is 0 Å². The van der Waals surface area contributed by atoms with Crippen molar-refractivity contribution in [3.63, 3.8) is 0 Å². The molecule has 132 valence electrons. The van der Waals surface area contributed by atoms with Crippen molar-refractivity contribution in [2.75, 3.05) is 5.75 Å². The first-order valence-electron chi connectivity index (χ1n) is 5.61. The number of halogens is 10. The summed E-state index contributed by atoms with van der Waals surface area (Å²) in [6, 6.07) is 0. The Balaban J connectivity index is 5.20. The van der Waals surface area contributed by atoms with Crippen molar-refractivity contribution >= 4 is 16.9 Å². The molecule has 1 nitrogen and oxygen atoms in total. The van der Waals surface area contributed by atoms with Gasteiger partial charge in [0.2, 0.25) is 0 Å². The zero-order valence-electron chi connectivity index (χ0n) is 10.8. The summed E-state index contributed by atoms with van der Waals surface area (Å²) in [5.41, 5.74) is 0. The Labute approximate surface area is 122 Å². The molecule has 0 spiro atoms. The molecule has 12 heteroatoms. The first-order chi connectivity index (χ1) is 9.61. The molecule has 0 saturated carbocycles. The minimum Gasteiger partial charge on any atom is -0.287 e. The summed E-state index contributed by atoms with van der Waals surface area (Å²) in [6.45, 7) is 1.31. The average Bonchev–Trinajstić information content (AvgIpc) is 2.35. The van der Waals surface area contributed by atoms with Gasteiger partial charge in [-0.25, -0.2) is 4.39 Å². The molecule has 0 aromatic carbocycles. The minimum atomic E-state index is -6.66. The number of rotatable bonds is 7. The maximum absolute atomic E-state index is 13.1. The first kappa shape index (κ1) is 21.3. The van der Waals surface area contributed by atoms with E-state index >= 15 is 0 Å². The molecular formula is C10H10F10OS. The van der Waals surface area contributed by atoms with Crippen LogP contribution in [0.3, 0.4) is 0 Å². The Bertz CT molecular complexity index is 392. The SMILES string of the molecule is CCC(=O)SCCC(F)(F)C(F)(F)C(F)(F)C(F)C(F)(F)F. The van der Waals surface area contributed by atoms with E-state index in [1.165, 1.54) is 6.92 Å². The summed E-state index contributed by atoms with van der Waals surface area (Å²) in [5.74, 6) is -19.9. The van der Waals surface area contributed by atoms with E-state index in [2.05, 4.69) is 0 Å². The molecule has 1 unspecified atom stereocenters. The van der Waals surface area contributed by atoms with E-state index in [0.29, 0.717) is 0 Å². The van der Waals surface area contributed by atoms with Crippen molar-refractivity contribution in [2.45, 2.75) is 49.9 Å². The summed E-state index contributed by atoms with van der Waals surface area (Å²) < 4.78 is 126. The fraction of sp³-hybridized carbons (Fsp3) is 0.900. The molecule has 0 radical (unpaired) electrons. The van der Waals surface area contributed by atoms with Gasteiger partial charge in [0.15, 0.2) is 5.12 Å². The van der Waals surface area contributed by atoms with E-state index in [1.54, 1.807) is 0 Å². The number of thioether (sulfide) groups is 1. The Morgan fingerprint density at radius 2 is 1.45 bits per heavy atom. The molecule has 0 aliphatic rings. The first-order valence-corrected chi connectivity index (χ1v) is 6.59. The van der Waals surface area contributed by atoms with Gasteiger partial charge in [-0.05, 0) is 0 Å². The van der Waals surface area contributed by atoms with Crippen LogP contribution in [-0.4, -0.2) is 41.0 Å². The summed E-state index contributed by atoms with van der Waals surface area (Å²) in [5, 5.41) is -0.704. The molecule has 0 aliphatic carbocycles. The number of hydrogen-bond donors (Lipinski definition) is 0. The summed E-state index contributed by atoms with van der Waals surface area (Å²) in [7, 11) is 0. The summed E-state index contributed by atoms with van der Waals surface area (Å²) in [6.07, 6.45) is -14.1. The molecule has 1 atom stereocenters. The summed E-state index contributed by atoms with van der Waals surface area (Å²) in [4.78, 5) is 10.8. The number of alkyl halides is 10. The van der Waals surface area contributed by atoms with Crippen LogP contribution in [0.1, 0.15) is 19.8 Å². The number of hydrogen-bond acceptors (Lipinski definition) is 2. The van der Waals surface area contributed by atoms with Crippen LogP contribution >= 0.6 is 11.8 Å². The molecule has 0 aromatic heterocycles. The highest BCUT2D eigenvalue weighted by Gasteiger charge is 2.78. The van der Waals surface area contributed by atoms with Gasteiger partial charge in [0, 0.05) is 18.6 Å². The zero-order chi connectivity index (χ0) is 18.0. The standard InChI is InChI=1S/C10H10F10OS/c1-2-5(21)22-4-3-7(12,13)10(19,20)8(14,15)6(11)9(16,17)18/h6H,2-4H2,1H3. The Kier molecular flexibility index (Phi) is 6.62. The second-order valence-electron chi connectivity index (χ2n) is 4.13. The van der Waals surface area contributed by atoms with Crippen molar-refractivity contribution in [2.24, 2.45) is 0 Å². The smallest absolute Gasteiger partial charge is 0.287 e. The van der Waals surface area contributed by atoms with Gasteiger partial charge in [0.25, 0.3) is 6.17 Å². The third kappa shape index (κ3) is 4.42. The Hall–Kier alpha value is -0.680. The lowest BCUT2D eigenvalue weighted by molar-refractivity contribution is -0.356. The predicted octanol–water partition coefficient (Wildman–Crippen LogP) is 4.85. The zero-order valence-corrected chi connectivity index (χ0v) is 11.6. The fourth-order valence-corrected chi connectivity index (χ4v) is 1.95. The van der Waals surface area contributed by atoms with Crippen molar-refractivity contribution in [1.29, 1.82) is 0 Å². The van der Waals surface area contributed by atoms with Crippen molar-refractivity contribution in [3.05, 3.63) is 0 Å². The Morgan fingerprint density at radius 1 is 1.00 bits per heavy atom. The Morgan fingerprint density at radius 3 is 1.82 bits per heavy atom. The molecule has 22 heavy (non-hydrogen) atoms. The molecule has 0 heterocycles. The second kappa shape index (κ2) is 6.83. The number of carbonyl (C=O) groups is 1. The molecule has 0 rings (SSSR count). The fourth-order valence-electron chi connectivity index (χ4n) is 1.16. The molecular weight excluding hydrogens is 358 g/mol. The molecule has 0 bridgehead atoms. The monoisotopic (exact) mass is 368 g/mol. The molecule has 0 fully saturated rings. The van der Waals surface area contributed by atoms with Gasteiger partial charge in [0.1, 0.15) is 0 Å². The van der Waals surface area contributed by atoms with Crippen molar-refractivity contribution in [1.82, 2.24) is 0 Å². The predicted molar refractivity (Wildman–Crippen MR) is 58.2 cm³/mol. The molecule has 0 saturated heterocycles.